The van der Waals surface area contributed by atoms with Crippen LogP contribution in [0, 0.1) is 22.5 Å². The standard InChI is InChI=1S/C13H16N2O3/c1-3-5-8-14-11-6-7-12(15(16)17)13(10-11)18-9-4-2/h1,6-7,10,14H,4-5,8-9H2,2H3. The predicted octanol–water partition coefficient (Wildman–Crippen LogP) is 2.82. The van der Waals surface area contributed by atoms with E-state index in [0.717, 1.165) is 12.1 Å². The molecule has 0 spiro atoms. The summed E-state index contributed by atoms with van der Waals surface area (Å²) < 4.78 is 5.37. The zero-order valence-corrected chi connectivity index (χ0v) is 10.3. The first-order valence-corrected chi connectivity index (χ1v) is 5.77. The van der Waals surface area contributed by atoms with Crippen LogP contribution in [0.4, 0.5) is 11.4 Å². The van der Waals surface area contributed by atoms with Crippen LogP contribution >= 0.6 is 0 Å². The fourth-order valence-electron chi connectivity index (χ4n) is 1.38. The van der Waals surface area contributed by atoms with Gasteiger partial charge in [-0.15, -0.1) is 12.3 Å². The number of benzene rings is 1. The first kappa shape index (κ1) is 13.8. The zero-order chi connectivity index (χ0) is 13.4. The van der Waals surface area contributed by atoms with Crippen molar-refractivity contribution in [3.05, 3.63) is 28.3 Å². The lowest BCUT2D eigenvalue weighted by Gasteiger charge is -2.09. The zero-order valence-electron chi connectivity index (χ0n) is 10.3. The van der Waals surface area contributed by atoms with E-state index in [4.69, 9.17) is 11.2 Å². The third kappa shape index (κ3) is 3.98. The lowest BCUT2D eigenvalue weighted by atomic mass is 10.2. The molecular weight excluding hydrogens is 232 g/mol. The molecule has 0 unspecified atom stereocenters. The van der Waals surface area contributed by atoms with Gasteiger partial charge in [0.05, 0.1) is 11.5 Å². The van der Waals surface area contributed by atoms with E-state index < -0.39 is 4.92 Å². The number of nitro groups is 1. The van der Waals surface area contributed by atoms with Crippen LogP contribution in [0.15, 0.2) is 18.2 Å². The minimum absolute atomic E-state index is 0.0223. The molecule has 0 heterocycles. The summed E-state index contributed by atoms with van der Waals surface area (Å²) in [6, 6.07) is 4.71. The van der Waals surface area contributed by atoms with Crippen LogP contribution < -0.4 is 10.1 Å². The Bertz CT molecular complexity index is 452. The number of hydrogen-bond acceptors (Lipinski definition) is 4. The fourth-order valence-corrected chi connectivity index (χ4v) is 1.38. The monoisotopic (exact) mass is 248 g/mol. The Hall–Kier alpha value is -2.22. The van der Waals surface area contributed by atoms with Crippen molar-refractivity contribution in [2.24, 2.45) is 0 Å². The molecule has 5 heteroatoms. The Morgan fingerprint density at radius 1 is 1.56 bits per heavy atom. The molecule has 0 aromatic heterocycles. The molecule has 1 rings (SSSR count). The highest BCUT2D eigenvalue weighted by atomic mass is 16.6. The van der Waals surface area contributed by atoms with Crippen LogP contribution in [0.2, 0.25) is 0 Å². The van der Waals surface area contributed by atoms with Crippen LogP contribution in [0.3, 0.4) is 0 Å². The van der Waals surface area contributed by atoms with Crippen LogP contribution in [0.1, 0.15) is 19.8 Å². The Kier molecular flexibility index (Phi) is 5.52. The van der Waals surface area contributed by atoms with E-state index in [1.54, 1.807) is 12.1 Å². The van der Waals surface area contributed by atoms with Gasteiger partial charge < -0.3 is 10.1 Å². The molecule has 0 aliphatic heterocycles. The molecule has 0 radical (unpaired) electrons. The van der Waals surface area contributed by atoms with E-state index in [0.29, 0.717) is 19.6 Å². The number of hydrogen-bond donors (Lipinski definition) is 1. The van der Waals surface area contributed by atoms with Crippen molar-refractivity contribution >= 4 is 11.4 Å². The summed E-state index contributed by atoms with van der Waals surface area (Å²) in [5.41, 5.74) is 0.743. The minimum Gasteiger partial charge on any atom is -0.487 e. The van der Waals surface area contributed by atoms with Crippen molar-refractivity contribution < 1.29 is 9.66 Å². The number of nitrogens with zero attached hydrogens (tertiary/aromatic N) is 1. The highest BCUT2D eigenvalue weighted by Gasteiger charge is 2.15. The predicted molar refractivity (Wildman–Crippen MR) is 70.8 cm³/mol. The largest absolute Gasteiger partial charge is 0.487 e. The van der Waals surface area contributed by atoms with E-state index >= 15 is 0 Å². The van der Waals surface area contributed by atoms with Crippen molar-refractivity contribution in [1.29, 1.82) is 0 Å². The maximum absolute atomic E-state index is 10.8. The van der Waals surface area contributed by atoms with Crippen LogP contribution in [0.5, 0.6) is 5.75 Å². The normalized spacial score (nSPS) is 9.56. The summed E-state index contributed by atoms with van der Waals surface area (Å²) in [6.07, 6.45) is 6.54. The van der Waals surface area contributed by atoms with Gasteiger partial charge in [0.25, 0.3) is 0 Å². The maximum Gasteiger partial charge on any atom is 0.311 e. The lowest BCUT2D eigenvalue weighted by Crippen LogP contribution is -2.03. The van der Waals surface area contributed by atoms with Gasteiger partial charge in [-0.05, 0) is 12.5 Å². The molecule has 0 fully saturated rings. The molecule has 0 amide bonds. The van der Waals surface area contributed by atoms with Crippen molar-refractivity contribution in [1.82, 2.24) is 0 Å². The Morgan fingerprint density at radius 3 is 2.94 bits per heavy atom. The molecule has 0 aliphatic carbocycles. The number of nitrogens with one attached hydrogen (secondary N) is 1. The topological polar surface area (TPSA) is 64.4 Å². The first-order chi connectivity index (χ1) is 8.69. The molecule has 18 heavy (non-hydrogen) atoms. The Labute approximate surface area is 106 Å². The third-order valence-corrected chi connectivity index (χ3v) is 2.22. The summed E-state index contributed by atoms with van der Waals surface area (Å²) >= 11 is 0. The van der Waals surface area contributed by atoms with Gasteiger partial charge in [0.2, 0.25) is 0 Å². The molecule has 0 atom stereocenters. The number of terminal acetylenes is 1. The van der Waals surface area contributed by atoms with Crippen molar-refractivity contribution in [3.63, 3.8) is 0 Å². The van der Waals surface area contributed by atoms with Crippen molar-refractivity contribution in [2.75, 3.05) is 18.5 Å². The van der Waals surface area contributed by atoms with Gasteiger partial charge in [-0.1, -0.05) is 6.92 Å². The molecule has 0 saturated heterocycles. The Morgan fingerprint density at radius 2 is 2.33 bits per heavy atom. The van der Waals surface area contributed by atoms with Crippen molar-refractivity contribution in [3.8, 4) is 18.1 Å². The molecular formula is C13H16N2O3. The second-order valence-electron chi connectivity index (χ2n) is 3.67. The molecule has 5 nitrogen and oxygen atoms in total. The van der Waals surface area contributed by atoms with Gasteiger partial charge in [-0.25, -0.2) is 0 Å². The second-order valence-corrected chi connectivity index (χ2v) is 3.67. The average molecular weight is 248 g/mol. The average Bonchev–Trinajstić information content (AvgIpc) is 2.36. The molecule has 0 bridgehead atoms. The summed E-state index contributed by atoms with van der Waals surface area (Å²) in [4.78, 5) is 10.4. The number of anilines is 1. The van der Waals surface area contributed by atoms with E-state index in [2.05, 4.69) is 11.2 Å². The summed E-state index contributed by atoms with van der Waals surface area (Å²) in [6.45, 7) is 3.02. The second kappa shape index (κ2) is 7.17. The lowest BCUT2D eigenvalue weighted by molar-refractivity contribution is -0.385. The van der Waals surface area contributed by atoms with Crippen LogP contribution in [-0.4, -0.2) is 18.1 Å². The van der Waals surface area contributed by atoms with Gasteiger partial charge in [0, 0.05) is 30.8 Å². The van der Waals surface area contributed by atoms with Gasteiger partial charge in [0.1, 0.15) is 0 Å². The molecule has 96 valence electrons. The molecule has 1 aromatic rings. The van der Waals surface area contributed by atoms with Gasteiger partial charge in [-0.2, -0.15) is 0 Å². The number of nitro benzene ring substituents is 1. The van der Waals surface area contributed by atoms with Crippen molar-refractivity contribution in [2.45, 2.75) is 19.8 Å². The third-order valence-electron chi connectivity index (χ3n) is 2.22. The Balaban J connectivity index is 2.83. The summed E-state index contributed by atoms with van der Waals surface area (Å²) in [5, 5.41) is 13.9. The van der Waals surface area contributed by atoms with Gasteiger partial charge in [-0.3, -0.25) is 10.1 Å². The van der Waals surface area contributed by atoms with Gasteiger partial charge >= 0.3 is 5.69 Å². The molecule has 0 saturated carbocycles. The molecule has 0 aliphatic rings. The minimum atomic E-state index is -0.448. The molecule has 1 aromatic carbocycles. The quantitative estimate of drug-likeness (QED) is 0.349. The van der Waals surface area contributed by atoms with Crippen LogP contribution in [-0.2, 0) is 0 Å². The van der Waals surface area contributed by atoms with E-state index in [1.807, 2.05) is 6.92 Å². The van der Waals surface area contributed by atoms with E-state index in [1.165, 1.54) is 6.07 Å². The van der Waals surface area contributed by atoms with Crippen LogP contribution in [0.25, 0.3) is 0 Å². The number of ether oxygens (including phenoxy) is 1. The number of rotatable bonds is 7. The van der Waals surface area contributed by atoms with E-state index in [-0.39, 0.29) is 11.4 Å². The highest BCUT2D eigenvalue weighted by Crippen LogP contribution is 2.30. The summed E-state index contributed by atoms with van der Waals surface area (Å²) in [7, 11) is 0. The first-order valence-electron chi connectivity index (χ1n) is 5.77. The molecule has 1 N–H and O–H groups in total. The smallest absolute Gasteiger partial charge is 0.311 e. The van der Waals surface area contributed by atoms with E-state index in [9.17, 15) is 10.1 Å². The van der Waals surface area contributed by atoms with Gasteiger partial charge in [0.15, 0.2) is 5.75 Å². The highest BCUT2D eigenvalue weighted by molar-refractivity contribution is 5.58. The maximum atomic E-state index is 10.8. The fraction of sp³-hybridized carbons (Fsp3) is 0.385. The SMILES string of the molecule is C#CCCNc1ccc([N+](=O)[O-])c(OCCC)c1. The summed E-state index contributed by atoms with van der Waals surface area (Å²) in [5.74, 6) is 2.80.